The Labute approximate surface area is 508 Å². The molecule has 3 heterocycles. The molecule has 0 bridgehead atoms. The molecule has 0 aliphatic carbocycles. The summed E-state index contributed by atoms with van der Waals surface area (Å²) in [5.41, 5.74) is 10.8. The third-order valence-electron chi connectivity index (χ3n) is 16.9. The number of benzene rings is 9. The highest BCUT2D eigenvalue weighted by atomic mass is 19.4. The molecule has 0 radical (unpaired) electrons. The third-order valence-corrected chi connectivity index (χ3v) is 16.9. The summed E-state index contributed by atoms with van der Waals surface area (Å²) in [5.74, 6) is 1.26. The van der Waals surface area contributed by atoms with Crippen LogP contribution >= 0.6 is 0 Å². The summed E-state index contributed by atoms with van der Waals surface area (Å²) in [6, 6.07) is 56.8. The van der Waals surface area contributed by atoms with Gasteiger partial charge in [0.2, 0.25) is 0 Å². The SMILES string of the molecule is CC(C)(C)c1cc(-c2nc(-c3cc(C(C)(C)C)cc(C(C)(C)C)c3)nc(-c3ccc(-n4c5ccccc5c5cc(C(F)(F)F)ccc54)c(-c4cc(-c5ccc(C#N)cc5)ccc4-n4c5ccccc5c5cc(C(F)(F)F)ccc54)c3)n2)cc(C(C)(C)C)c1. The Morgan fingerprint density at radius 1 is 0.318 bits per heavy atom. The predicted octanol–water partition coefficient (Wildman–Crippen LogP) is 21.5. The number of nitriles is 1. The van der Waals surface area contributed by atoms with E-state index in [-0.39, 0.29) is 21.7 Å². The Morgan fingerprint density at radius 2 is 0.659 bits per heavy atom. The van der Waals surface area contributed by atoms with Crippen LogP contribution in [0.15, 0.2) is 182 Å². The summed E-state index contributed by atoms with van der Waals surface area (Å²) in [6.07, 6.45) is -9.24. The van der Waals surface area contributed by atoms with Crippen molar-refractivity contribution in [3.8, 4) is 73.9 Å². The van der Waals surface area contributed by atoms with Gasteiger partial charge in [-0.2, -0.15) is 31.6 Å². The minimum absolute atomic E-state index is 0.246. The summed E-state index contributed by atoms with van der Waals surface area (Å²) < 4.78 is 92.0. The molecule has 442 valence electrons. The normalized spacial score (nSPS) is 12.9. The second-order valence-electron chi connectivity index (χ2n) is 27.2. The van der Waals surface area contributed by atoms with E-state index in [1.165, 1.54) is 24.3 Å². The Hall–Kier alpha value is -9.34. The van der Waals surface area contributed by atoms with Crippen LogP contribution in [0.4, 0.5) is 26.3 Å². The first kappa shape index (κ1) is 59.0. The van der Waals surface area contributed by atoms with Crippen molar-refractivity contribution in [2.75, 3.05) is 0 Å². The molecule has 12 heteroatoms. The van der Waals surface area contributed by atoms with Gasteiger partial charge < -0.3 is 9.13 Å². The Balaban J connectivity index is 1.23. The van der Waals surface area contributed by atoms with Crippen LogP contribution in [0.1, 0.15) is 122 Å². The number of hydrogen-bond donors (Lipinski definition) is 0. The van der Waals surface area contributed by atoms with Crippen molar-refractivity contribution in [2.24, 2.45) is 0 Å². The van der Waals surface area contributed by atoms with Crippen LogP contribution in [0.3, 0.4) is 0 Å². The molecule has 0 atom stereocenters. The standard InChI is InChI=1S/C76H66F6N6/c1-71(2,3)52-33-48(34-53(39-52)72(4,5)6)69-84-68(85-70(86-69)49-35-54(73(7,8)9)40-55(36-49)74(10,11)12)47-26-30-65(88-63-20-16-14-18-57(63)61-42-51(76(80,81)82)28-32-67(61)88)59(38-47)58-37-46(45-23-21-44(43-83)22-24-45)25-29-64(58)87-62-19-15-13-17-56(62)60-41-50(75(77,78)79)27-31-66(60)87/h13-42H,1-12H3. The first-order valence-electron chi connectivity index (χ1n) is 29.4. The molecule has 0 saturated heterocycles. The first-order valence-corrected chi connectivity index (χ1v) is 29.4. The minimum Gasteiger partial charge on any atom is -0.309 e. The maximum absolute atomic E-state index is 14.7. The van der Waals surface area contributed by atoms with Gasteiger partial charge in [-0.1, -0.05) is 150 Å². The second kappa shape index (κ2) is 20.9. The second-order valence-corrected chi connectivity index (χ2v) is 27.2. The van der Waals surface area contributed by atoms with Crippen LogP contribution in [0, 0.1) is 11.3 Å². The van der Waals surface area contributed by atoms with E-state index in [0.29, 0.717) is 94.7 Å². The average molecular weight is 1180 g/mol. The van der Waals surface area contributed by atoms with E-state index in [2.05, 4.69) is 126 Å². The summed E-state index contributed by atoms with van der Waals surface area (Å²) in [5, 5.41) is 11.8. The lowest BCUT2D eigenvalue weighted by atomic mass is 9.79. The number of para-hydroxylation sites is 2. The van der Waals surface area contributed by atoms with Gasteiger partial charge in [0.15, 0.2) is 17.5 Å². The van der Waals surface area contributed by atoms with Crippen LogP contribution in [-0.2, 0) is 34.0 Å². The zero-order valence-electron chi connectivity index (χ0n) is 51.3. The van der Waals surface area contributed by atoms with Gasteiger partial charge in [-0.25, -0.2) is 15.0 Å². The molecule has 9 aromatic carbocycles. The zero-order valence-corrected chi connectivity index (χ0v) is 51.3. The smallest absolute Gasteiger partial charge is 0.309 e. The van der Waals surface area contributed by atoms with Gasteiger partial charge in [0.1, 0.15) is 0 Å². The molecule has 0 fully saturated rings. The number of fused-ring (bicyclic) bond motifs is 6. The summed E-state index contributed by atoms with van der Waals surface area (Å²) >= 11 is 0. The highest BCUT2D eigenvalue weighted by Crippen LogP contribution is 2.46. The lowest BCUT2D eigenvalue weighted by Gasteiger charge is -2.26. The first-order chi connectivity index (χ1) is 41.3. The van der Waals surface area contributed by atoms with E-state index >= 15 is 0 Å². The van der Waals surface area contributed by atoms with Gasteiger partial charge in [-0.15, -0.1) is 0 Å². The number of aromatic nitrogens is 5. The average Bonchev–Trinajstić information content (AvgIpc) is 1.63. The summed E-state index contributed by atoms with van der Waals surface area (Å²) in [6.45, 7) is 26.3. The van der Waals surface area contributed by atoms with Gasteiger partial charge in [0.25, 0.3) is 0 Å². The molecular formula is C76H66F6N6. The molecule has 3 aromatic heterocycles. The predicted molar refractivity (Wildman–Crippen MR) is 345 cm³/mol. The van der Waals surface area contributed by atoms with Gasteiger partial charge in [0, 0.05) is 49.4 Å². The van der Waals surface area contributed by atoms with E-state index < -0.39 is 23.5 Å². The zero-order chi connectivity index (χ0) is 62.8. The highest BCUT2D eigenvalue weighted by molar-refractivity contribution is 6.12. The molecule has 0 amide bonds. The number of alkyl halides is 6. The molecule has 0 saturated carbocycles. The molecule has 12 rings (SSSR count). The number of rotatable bonds is 7. The molecule has 88 heavy (non-hydrogen) atoms. The van der Waals surface area contributed by atoms with E-state index in [1.54, 1.807) is 24.3 Å². The van der Waals surface area contributed by atoms with Crippen molar-refractivity contribution in [1.82, 2.24) is 24.1 Å². The summed E-state index contributed by atoms with van der Waals surface area (Å²) in [7, 11) is 0. The fourth-order valence-corrected chi connectivity index (χ4v) is 11.8. The van der Waals surface area contributed by atoms with E-state index in [1.807, 2.05) is 94.1 Å². The van der Waals surface area contributed by atoms with E-state index in [9.17, 15) is 31.6 Å². The van der Waals surface area contributed by atoms with Crippen molar-refractivity contribution < 1.29 is 26.3 Å². The summed E-state index contributed by atoms with van der Waals surface area (Å²) in [4.78, 5) is 16.3. The van der Waals surface area contributed by atoms with Gasteiger partial charge >= 0.3 is 12.4 Å². The van der Waals surface area contributed by atoms with Crippen LogP contribution in [0.25, 0.3) is 111 Å². The lowest BCUT2D eigenvalue weighted by Crippen LogP contribution is -2.17. The third kappa shape index (κ3) is 10.9. The number of hydrogen-bond acceptors (Lipinski definition) is 4. The van der Waals surface area contributed by atoms with Crippen LogP contribution < -0.4 is 0 Å². The van der Waals surface area contributed by atoms with Crippen molar-refractivity contribution in [3.05, 3.63) is 221 Å². The maximum atomic E-state index is 14.7. The molecule has 6 nitrogen and oxygen atoms in total. The topological polar surface area (TPSA) is 72.3 Å². The lowest BCUT2D eigenvalue weighted by molar-refractivity contribution is -0.138. The maximum Gasteiger partial charge on any atom is 0.416 e. The van der Waals surface area contributed by atoms with Gasteiger partial charge in [0.05, 0.1) is 56.2 Å². The van der Waals surface area contributed by atoms with Crippen LogP contribution in [0.2, 0.25) is 0 Å². The van der Waals surface area contributed by atoms with Crippen molar-refractivity contribution in [2.45, 2.75) is 117 Å². The van der Waals surface area contributed by atoms with Crippen molar-refractivity contribution in [1.29, 1.82) is 5.26 Å². The molecule has 0 N–H and O–H groups in total. The quantitative estimate of drug-likeness (QED) is 0.149. The van der Waals surface area contributed by atoms with Crippen LogP contribution in [-0.4, -0.2) is 24.1 Å². The van der Waals surface area contributed by atoms with E-state index in [0.717, 1.165) is 56.6 Å². The van der Waals surface area contributed by atoms with Crippen molar-refractivity contribution >= 4 is 43.6 Å². The molecule has 0 spiro atoms. The molecule has 12 aromatic rings. The highest BCUT2D eigenvalue weighted by Gasteiger charge is 2.34. The van der Waals surface area contributed by atoms with Gasteiger partial charge in [-0.3, -0.25) is 0 Å². The molecule has 0 aliphatic rings. The Bertz CT molecular complexity index is 4650. The number of nitrogens with zero attached hydrogens (tertiary/aromatic N) is 6. The van der Waals surface area contributed by atoms with E-state index in [4.69, 9.17) is 15.0 Å². The Morgan fingerprint density at radius 3 is 1.03 bits per heavy atom. The fraction of sp³-hybridized carbons (Fsp3) is 0.237. The fourth-order valence-electron chi connectivity index (χ4n) is 11.8. The Kier molecular flexibility index (Phi) is 14.0. The number of halogens is 6. The monoisotopic (exact) mass is 1180 g/mol. The van der Waals surface area contributed by atoms with Crippen molar-refractivity contribution in [3.63, 3.8) is 0 Å². The van der Waals surface area contributed by atoms with Crippen LogP contribution in [0.5, 0.6) is 0 Å². The molecule has 0 unspecified atom stereocenters. The largest absolute Gasteiger partial charge is 0.416 e. The minimum atomic E-state index is -4.62. The van der Waals surface area contributed by atoms with Gasteiger partial charge in [-0.05, 0) is 170 Å². The molecule has 0 aliphatic heterocycles. The molecular weight excluding hydrogens is 1110 g/mol.